The molecule has 0 atom stereocenters. The van der Waals surface area contributed by atoms with Crippen LogP contribution in [0.5, 0.6) is 5.75 Å². The molecule has 0 aliphatic heterocycles. The first kappa shape index (κ1) is 22.6. The summed E-state index contributed by atoms with van der Waals surface area (Å²) >= 11 is 6.01. The minimum absolute atomic E-state index is 0.0212. The second-order valence-electron chi connectivity index (χ2n) is 6.22. The lowest BCUT2D eigenvalue weighted by atomic mass is 10.1. The minimum atomic E-state index is -3.60. The highest BCUT2D eigenvalue weighted by Gasteiger charge is 2.26. The lowest BCUT2D eigenvalue weighted by Gasteiger charge is -2.16. The number of amides is 1. The highest BCUT2D eigenvalue weighted by molar-refractivity contribution is 7.92. The fourth-order valence-electron chi connectivity index (χ4n) is 2.87. The van der Waals surface area contributed by atoms with E-state index in [2.05, 4.69) is 5.32 Å². The van der Waals surface area contributed by atoms with Crippen molar-refractivity contribution >= 4 is 38.7 Å². The van der Waals surface area contributed by atoms with E-state index in [1.54, 1.807) is 13.8 Å². The average Bonchev–Trinajstić information content (AvgIpc) is 2.68. The number of ether oxygens (including phenoxy) is 1. The molecule has 8 nitrogen and oxygen atoms in total. The SMILES string of the molecule is CCC(CC)S(=O)(=O)c1ccc(OC)c(NC(=O)c2cc([N+](=O)[O-])ccc2Cl)c1. The Morgan fingerprint density at radius 1 is 1.21 bits per heavy atom. The van der Waals surface area contributed by atoms with Gasteiger partial charge in [-0.1, -0.05) is 25.4 Å². The predicted molar refractivity (Wildman–Crippen MR) is 111 cm³/mol. The molecule has 0 aliphatic carbocycles. The number of hydrogen-bond donors (Lipinski definition) is 1. The normalized spacial score (nSPS) is 11.3. The molecule has 2 rings (SSSR count). The van der Waals surface area contributed by atoms with Crippen LogP contribution in [0.15, 0.2) is 41.3 Å². The van der Waals surface area contributed by atoms with E-state index >= 15 is 0 Å². The van der Waals surface area contributed by atoms with Crippen LogP contribution in [0.1, 0.15) is 37.0 Å². The van der Waals surface area contributed by atoms with Crippen LogP contribution in [0.25, 0.3) is 0 Å². The molecule has 10 heteroatoms. The van der Waals surface area contributed by atoms with Gasteiger partial charge in [0.15, 0.2) is 9.84 Å². The lowest BCUT2D eigenvalue weighted by Crippen LogP contribution is -2.20. The van der Waals surface area contributed by atoms with Gasteiger partial charge in [-0.05, 0) is 37.1 Å². The molecule has 0 radical (unpaired) electrons. The van der Waals surface area contributed by atoms with Gasteiger partial charge in [0.2, 0.25) is 0 Å². The molecular weight excluding hydrogens is 420 g/mol. The van der Waals surface area contributed by atoms with Crippen molar-refractivity contribution in [2.45, 2.75) is 36.8 Å². The molecule has 29 heavy (non-hydrogen) atoms. The van der Waals surface area contributed by atoms with Crippen molar-refractivity contribution in [3.05, 3.63) is 57.1 Å². The minimum Gasteiger partial charge on any atom is -0.495 e. The zero-order chi connectivity index (χ0) is 21.8. The molecule has 156 valence electrons. The molecule has 0 saturated carbocycles. The molecule has 0 spiro atoms. The zero-order valence-corrected chi connectivity index (χ0v) is 17.7. The number of hydrogen-bond acceptors (Lipinski definition) is 6. The lowest BCUT2D eigenvalue weighted by molar-refractivity contribution is -0.384. The third-order valence-electron chi connectivity index (χ3n) is 4.50. The molecular formula is C19H21ClN2O6S. The number of nitrogens with zero attached hydrogens (tertiary/aromatic N) is 1. The van der Waals surface area contributed by atoms with Gasteiger partial charge in [0.05, 0.1) is 38.5 Å². The number of rotatable bonds is 8. The van der Waals surface area contributed by atoms with Crippen LogP contribution in [-0.2, 0) is 9.84 Å². The number of benzene rings is 2. The van der Waals surface area contributed by atoms with Gasteiger partial charge < -0.3 is 10.1 Å². The largest absolute Gasteiger partial charge is 0.495 e. The number of carbonyl (C=O) groups excluding carboxylic acids is 1. The predicted octanol–water partition coefficient (Wildman–Crippen LogP) is 4.47. The molecule has 0 aliphatic rings. The maximum absolute atomic E-state index is 12.8. The standard InChI is InChI=1S/C19H21ClN2O6S/c1-4-13(5-2)29(26,27)14-7-9-18(28-3)17(11-14)21-19(23)15-10-12(22(24)25)6-8-16(15)20/h6-11,13H,4-5H2,1-3H3,(H,21,23). The summed E-state index contributed by atoms with van der Waals surface area (Å²) < 4.78 is 30.9. The van der Waals surface area contributed by atoms with E-state index in [-0.39, 0.29) is 32.6 Å². The summed E-state index contributed by atoms with van der Waals surface area (Å²) in [6, 6.07) is 7.66. The molecule has 0 bridgehead atoms. The summed E-state index contributed by atoms with van der Waals surface area (Å²) in [5.74, 6) is -0.488. The molecule has 2 aromatic rings. The molecule has 2 aromatic carbocycles. The third kappa shape index (κ3) is 4.86. The summed E-state index contributed by atoms with van der Waals surface area (Å²) in [4.78, 5) is 23.0. The maximum Gasteiger partial charge on any atom is 0.270 e. The number of methoxy groups -OCH3 is 1. The monoisotopic (exact) mass is 440 g/mol. The summed E-state index contributed by atoms with van der Waals surface area (Å²) in [6.45, 7) is 3.59. The number of non-ortho nitro benzene ring substituents is 1. The first-order chi connectivity index (χ1) is 13.6. The fraction of sp³-hybridized carbons (Fsp3) is 0.316. The molecule has 1 N–H and O–H groups in total. The number of halogens is 1. The number of nitrogens with one attached hydrogen (secondary N) is 1. The number of carbonyl (C=O) groups is 1. The van der Waals surface area contributed by atoms with E-state index in [1.165, 1.54) is 37.4 Å². The van der Waals surface area contributed by atoms with E-state index < -0.39 is 25.9 Å². The van der Waals surface area contributed by atoms with Crippen LogP contribution < -0.4 is 10.1 Å². The summed E-state index contributed by atoms with van der Waals surface area (Å²) in [5.41, 5.74) is -0.292. The Morgan fingerprint density at radius 2 is 1.86 bits per heavy atom. The van der Waals surface area contributed by atoms with Gasteiger partial charge in [0.25, 0.3) is 11.6 Å². The fourth-order valence-corrected chi connectivity index (χ4v) is 4.88. The van der Waals surface area contributed by atoms with Gasteiger partial charge in [0.1, 0.15) is 5.75 Å². The molecule has 0 aromatic heterocycles. The molecule has 0 heterocycles. The van der Waals surface area contributed by atoms with E-state index in [9.17, 15) is 23.3 Å². The second-order valence-corrected chi connectivity index (χ2v) is 8.86. The van der Waals surface area contributed by atoms with Crippen molar-refractivity contribution < 1.29 is 22.9 Å². The topological polar surface area (TPSA) is 116 Å². The van der Waals surface area contributed by atoms with Crippen molar-refractivity contribution in [3.8, 4) is 5.75 Å². The first-order valence-corrected chi connectivity index (χ1v) is 10.7. The van der Waals surface area contributed by atoms with Crippen molar-refractivity contribution in [1.82, 2.24) is 0 Å². The zero-order valence-electron chi connectivity index (χ0n) is 16.1. The van der Waals surface area contributed by atoms with E-state index in [0.717, 1.165) is 6.07 Å². The Labute approximate surface area is 173 Å². The summed E-state index contributed by atoms with van der Waals surface area (Å²) in [5, 5.41) is 13.0. The van der Waals surface area contributed by atoms with Crippen LogP contribution in [0.4, 0.5) is 11.4 Å². The van der Waals surface area contributed by atoms with Crippen LogP contribution in [-0.4, -0.2) is 31.6 Å². The maximum atomic E-state index is 12.8. The van der Waals surface area contributed by atoms with Crippen LogP contribution in [0.3, 0.4) is 0 Å². The third-order valence-corrected chi connectivity index (χ3v) is 7.29. The number of nitro benzene ring substituents is 1. The van der Waals surface area contributed by atoms with Gasteiger partial charge in [0, 0.05) is 12.1 Å². The Morgan fingerprint density at radius 3 is 2.41 bits per heavy atom. The van der Waals surface area contributed by atoms with Gasteiger partial charge in [-0.15, -0.1) is 0 Å². The molecule has 1 amide bonds. The van der Waals surface area contributed by atoms with E-state index in [0.29, 0.717) is 12.8 Å². The summed E-state index contributed by atoms with van der Waals surface area (Å²) in [6.07, 6.45) is 0.908. The van der Waals surface area contributed by atoms with Crippen LogP contribution in [0.2, 0.25) is 5.02 Å². The quantitative estimate of drug-likeness (QED) is 0.478. The Hall–Kier alpha value is -2.65. The Balaban J connectivity index is 2.46. The number of sulfone groups is 1. The van der Waals surface area contributed by atoms with Crippen molar-refractivity contribution in [3.63, 3.8) is 0 Å². The average molecular weight is 441 g/mol. The van der Waals surface area contributed by atoms with E-state index in [4.69, 9.17) is 16.3 Å². The van der Waals surface area contributed by atoms with Crippen molar-refractivity contribution in [2.24, 2.45) is 0 Å². The Bertz CT molecular complexity index is 1030. The molecule has 0 fully saturated rings. The number of anilines is 1. The highest BCUT2D eigenvalue weighted by atomic mass is 35.5. The van der Waals surface area contributed by atoms with Gasteiger partial charge in [-0.2, -0.15) is 0 Å². The van der Waals surface area contributed by atoms with Crippen molar-refractivity contribution in [2.75, 3.05) is 12.4 Å². The number of nitro groups is 1. The van der Waals surface area contributed by atoms with Crippen LogP contribution in [0, 0.1) is 10.1 Å². The van der Waals surface area contributed by atoms with E-state index in [1.807, 2.05) is 0 Å². The van der Waals surface area contributed by atoms with Crippen molar-refractivity contribution in [1.29, 1.82) is 0 Å². The Kier molecular flexibility index (Phi) is 7.21. The second kappa shape index (κ2) is 9.23. The molecule has 0 unspecified atom stereocenters. The molecule has 0 saturated heterocycles. The highest BCUT2D eigenvalue weighted by Crippen LogP contribution is 2.31. The van der Waals surface area contributed by atoms with Gasteiger partial charge in [-0.25, -0.2) is 8.42 Å². The first-order valence-electron chi connectivity index (χ1n) is 8.82. The smallest absolute Gasteiger partial charge is 0.270 e. The van der Waals surface area contributed by atoms with Crippen LogP contribution >= 0.6 is 11.6 Å². The summed E-state index contributed by atoms with van der Waals surface area (Å²) in [7, 11) is -2.22. The van der Waals surface area contributed by atoms with Gasteiger partial charge in [-0.3, -0.25) is 14.9 Å². The van der Waals surface area contributed by atoms with Gasteiger partial charge >= 0.3 is 0 Å².